The quantitative estimate of drug-likeness (QED) is 0.464. The van der Waals surface area contributed by atoms with Gasteiger partial charge in [-0.25, -0.2) is 4.79 Å². The van der Waals surface area contributed by atoms with Gasteiger partial charge in [0.25, 0.3) is 11.6 Å². The van der Waals surface area contributed by atoms with Gasteiger partial charge in [-0.3, -0.25) is 14.9 Å². The fourth-order valence-electron chi connectivity index (χ4n) is 2.55. The van der Waals surface area contributed by atoms with Gasteiger partial charge >= 0.3 is 5.97 Å². The van der Waals surface area contributed by atoms with Crippen molar-refractivity contribution in [2.45, 2.75) is 26.2 Å². The highest BCUT2D eigenvalue weighted by Gasteiger charge is 2.24. The summed E-state index contributed by atoms with van der Waals surface area (Å²) in [6.07, 6.45) is 2.77. The number of benzene rings is 1. The minimum atomic E-state index is -0.752. The average molecular weight is 335 g/mol. The summed E-state index contributed by atoms with van der Waals surface area (Å²) >= 11 is 0. The van der Waals surface area contributed by atoms with Gasteiger partial charge in [-0.15, -0.1) is 0 Å². The van der Waals surface area contributed by atoms with E-state index in [0.717, 1.165) is 32.4 Å². The lowest BCUT2D eigenvalue weighted by atomic mass is 10.1. The Morgan fingerprint density at radius 1 is 1.33 bits per heavy atom. The number of anilines is 1. The largest absolute Gasteiger partial charge is 0.452 e. The molecule has 130 valence electrons. The van der Waals surface area contributed by atoms with Crippen molar-refractivity contribution in [1.29, 1.82) is 0 Å². The number of esters is 1. The molecule has 0 aliphatic carbocycles. The number of hydrogen-bond acceptors (Lipinski definition) is 6. The van der Waals surface area contributed by atoms with Crippen LogP contribution in [-0.2, 0) is 9.53 Å². The van der Waals surface area contributed by atoms with Crippen molar-refractivity contribution in [3.05, 3.63) is 33.9 Å². The highest BCUT2D eigenvalue weighted by Crippen LogP contribution is 2.31. The predicted octanol–water partition coefficient (Wildman–Crippen LogP) is 1.88. The molecule has 1 fully saturated rings. The van der Waals surface area contributed by atoms with E-state index in [4.69, 9.17) is 4.74 Å². The molecule has 1 heterocycles. The summed E-state index contributed by atoms with van der Waals surface area (Å²) in [5.41, 5.74) is 0.449. The molecule has 1 amide bonds. The van der Waals surface area contributed by atoms with Gasteiger partial charge in [-0.1, -0.05) is 6.92 Å². The third-order valence-corrected chi connectivity index (χ3v) is 3.76. The fourth-order valence-corrected chi connectivity index (χ4v) is 2.55. The van der Waals surface area contributed by atoms with E-state index in [2.05, 4.69) is 5.32 Å². The lowest BCUT2D eigenvalue weighted by molar-refractivity contribution is -0.384. The summed E-state index contributed by atoms with van der Waals surface area (Å²) in [4.78, 5) is 36.2. The van der Waals surface area contributed by atoms with Crippen molar-refractivity contribution in [2.24, 2.45) is 0 Å². The Hall–Kier alpha value is -2.64. The van der Waals surface area contributed by atoms with Gasteiger partial charge in [0, 0.05) is 25.7 Å². The van der Waals surface area contributed by atoms with Crippen LogP contribution in [0.1, 0.15) is 36.5 Å². The van der Waals surface area contributed by atoms with Crippen molar-refractivity contribution < 1.29 is 19.2 Å². The number of nitrogens with zero attached hydrogens (tertiary/aromatic N) is 2. The summed E-state index contributed by atoms with van der Waals surface area (Å²) in [6, 6.07) is 4.27. The second-order valence-electron chi connectivity index (χ2n) is 5.58. The second-order valence-corrected chi connectivity index (χ2v) is 5.58. The lowest BCUT2D eigenvalue weighted by Gasteiger charge is -2.17. The van der Waals surface area contributed by atoms with Crippen LogP contribution >= 0.6 is 0 Å². The molecule has 0 aromatic heterocycles. The van der Waals surface area contributed by atoms with Crippen LogP contribution in [0.25, 0.3) is 0 Å². The van der Waals surface area contributed by atoms with Crippen molar-refractivity contribution in [1.82, 2.24) is 5.32 Å². The maximum Gasteiger partial charge on any atom is 0.338 e. The standard InChI is InChI=1S/C16H21N3O5/c1-2-7-17-15(20)11-24-16(21)12-5-6-13(14(10-12)19(22)23)18-8-3-4-9-18/h5-6,10H,2-4,7-9,11H2,1H3,(H,17,20). The molecule has 8 nitrogen and oxygen atoms in total. The highest BCUT2D eigenvalue weighted by molar-refractivity contribution is 5.93. The molecular weight excluding hydrogens is 314 g/mol. The number of rotatable bonds is 7. The predicted molar refractivity (Wildman–Crippen MR) is 88.1 cm³/mol. The van der Waals surface area contributed by atoms with Crippen molar-refractivity contribution >= 4 is 23.3 Å². The van der Waals surface area contributed by atoms with Crippen LogP contribution in [-0.4, -0.2) is 43.0 Å². The molecule has 1 aromatic carbocycles. The number of carbonyl (C=O) groups is 2. The van der Waals surface area contributed by atoms with Crippen LogP contribution in [0.3, 0.4) is 0 Å². The van der Waals surface area contributed by atoms with E-state index < -0.39 is 23.4 Å². The van der Waals surface area contributed by atoms with Crippen molar-refractivity contribution in [3.8, 4) is 0 Å². The molecule has 1 N–H and O–H groups in total. The molecule has 0 unspecified atom stereocenters. The number of hydrogen-bond donors (Lipinski definition) is 1. The van der Waals surface area contributed by atoms with E-state index in [1.54, 1.807) is 6.07 Å². The molecule has 1 aliphatic rings. The van der Waals surface area contributed by atoms with Gasteiger partial charge < -0.3 is 15.0 Å². The topological polar surface area (TPSA) is 102 Å². The van der Waals surface area contributed by atoms with Crippen LogP contribution in [0.2, 0.25) is 0 Å². The number of ether oxygens (including phenoxy) is 1. The Labute approximate surface area is 139 Å². The van der Waals surface area contributed by atoms with Gasteiger partial charge in [-0.05, 0) is 31.4 Å². The minimum Gasteiger partial charge on any atom is -0.452 e. The van der Waals surface area contributed by atoms with Crippen LogP contribution in [0.5, 0.6) is 0 Å². The van der Waals surface area contributed by atoms with Gasteiger partial charge in [0.2, 0.25) is 0 Å². The molecule has 1 aromatic rings. The van der Waals surface area contributed by atoms with E-state index in [9.17, 15) is 19.7 Å². The Morgan fingerprint density at radius 2 is 2.04 bits per heavy atom. The smallest absolute Gasteiger partial charge is 0.338 e. The summed E-state index contributed by atoms with van der Waals surface area (Å²) in [5.74, 6) is -1.15. The van der Waals surface area contributed by atoms with Crippen LogP contribution < -0.4 is 10.2 Å². The molecule has 8 heteroatoms. The van der Waals surface area contributed by atoms with E-state index in [1.165, 1.54) is 12.1 Å². The Bertz CT molecular complexity index is 626. The van der Waals surface area contributed by atoms with Crippen molar-refractivity contribution in [3.63, 3.8) is 0 Å². The summed E-state index contributed by atoms with van der Waals surface area (Å²) in [5, 5.41) is 13.9. The van der Waals surface area contributed by atoms with E-state index in [1.807, 2.05) is 11.8 Å². The Kier molecular flexibility index (Phi) is 6.11. The lowest BCUT2D eigenvalue weighted by Crippen LogP contribution is -2.29. The average Bonchev–Trinajstić information content (AvgIpc) is 3.11. The maximum atomic E-state index is 12.0. The Balaban J connectivity index is 2.07. The maximum absolute atomic E-state index is 12.0. The second kappa shape index (κ2) is 8.28. The van der Waals surface area contributed by atoms with E-state index in [0.29, 0.717) is 12.2 Å². The zero-order valence-corrected chi connectivity index (χ0v) is 13.6. The van der Waals surface area contributed by atoms with Crippen LogP contribution in [0, 0.1) is 10.1 Å². The first-order valence-corrected chi connectivity index (χ1v) is 8.00. The molecule has 0 bridgehead atoms. The first-order chi connectivity index (χ1) is 11.5. The van der Waals surface area contributed by atoms with Gasteiger partial charge in [-0.2, -0.15) is 0 Å². The fraction of sp³-hybridized carbons (Fsp3) is 0.500. The molecule has 0 radical (unpaired) electrons. The third kappa shape index (κ3) is 4.43. The zero-order chi connectivity index (χ0) is 17.5. The molecule has 0 spiro atoms. The van der Waals surface area contributed by atoms with Gasteiger partial charge in [0.15, 0.2) is 6.61 Å². The number of nitrogens with one attached hydrogen (secondary N) is 1. The zero-order valence-electron chi connectivity index (χ0n) is 13.6. The molecule has 1 aliphatic heterocycles. The van der Waals surface area contributed by atoms with Gasteiger partial charge in [0.1, 0.15) is 5.69 Å². The first kappa shape index (κ1) is 17.7. The van der Waals surface area contributed by atoms with Crippen LogP contribution in [0.15, 0.2) is 18.2 Å². The minimum absolute atomic E-state index is 0.0629. The summed E-state index contributed by atoms with van der Waals surface area (Å²) in [6.45, 7) is 3.55. The Morgan fingerprint density at radius 3 is 2.67 bits per heavy atom. The third-order valence-electron chi connectivity index (χ3n) is 3.76. The molecular formula is C16H21N3O5. The van der Waals surface area contributed by atoms with Crippen LogP contribution in [0.4, 0.5) is 11.4 Å². The monoisotopic (exact) mass is 335 g/mol. The number of nitro groups is 1. The molecule has 0 saturated carbocycles. The van der Waals surface area contributed by atoms with Crippen molar-refractivity contribution in [2.75, 3.05) is 31.1 Å². The first-order valence-electron chi connectivity index (χ1n) is 8.00. The summed E-state index contributed by atoms with van der Waals surface area (Å²) in [7, 11) is 0. The summed E-state index contributed by atoms with van der Waals surface area (Å²) < 4.78 is 4.90. The normalized spacial score (nSPS) is 13.6. The SMILES string of the molecule is CCCNC(=O)COC(=O)c1ccc(N2CCCC2)c([N+](=O)[O-])c1. The van der Waals surface area contributed by atoms with E-state index in [-0.39, 0.29) is 11.3 Å². The highest BCUT2D eigenvalue weighted by atomic mass is 16.6. The number of nitro benzene ring substituents is 1. The number of carbonyl (C=O) groups excluding carboxylic acids is 2. The molecule has 1 saturated heterocycles. The van der Waals surface area contributed by atoms with Gasteiger partial charge in [0.05, 0.1) is 10.5 Å². The number of amides is 1. The molecule has 0 atom stereocenters. The molecule has 2 rings (SSSR count). The molecule has 24 heavy (non-hydrogen) atoms. The van der Waals surface area contributed by atoms with E-state index >= 15 is 0 Å².